The number of hydrogen-bond acceptors (Lipinski definition) is 2. The van der Waals surface area contributed by atoms with Crippen molar-refractivity contribution in [3.63, 3.8) is 0 Å². The van der Waals surface area contributed by atoms with E-state index in [0.717, 1.165) is 0 Å². The maximum Gasteiger partial charge on any atom is 0.162 e. The monoisotopic (exact) mass is 142 g/mol. The van der Waals surface area contributed by atoms with Gasteiger partial charge in [-0.2, -0.15) is 0 Å². The smallest absolute Gasteiger partial charge is 0.162 e. The Bertz CT molecular complexity index is 149. The molecular formula is C8H14O2. The van der Waals surface area contributed by atoms with Gasteiger partial charge in [0.1, 0.15) is 6.10 Å². The number of ether oxygens (including phenoxy) is 1. The van der Waals surface area contributed by atoms with Gasteiger partial charge < -0.3 is 4.74 Å². The van der Waals surface area contributed by atoms with Crippen molar-refractivity contribution in [3.05, 3.63) is 0 Å². The molecule has 1 atom stereocenters. The Hall–Kier alpha value is -0.370. The molecule has 0 aromatic heterocycles. The lowest BCUT2D eigenvalue weighted by Gasteiger charge is -2.41. The van der Waals surface area contributed by atoms with Crippen LogP contribution in [0, 0.1) is 5.41 Å². The molecule has 0 radical (unpaired) electrons. The van der Waals surface area contributed by atoms with Crippen molar-refractivity contribution in [2.45, 2.75) is 33.3 Å². The average molecular weight is 142 g/mol. The molecule has 0 heterocycles. The first kappa shape index (κ1) is 7.73. The molecule has 0 aromatic rings. The van der Waals surface area contributed by atoms with Crippen molar-refractivity contribution in [1.29, 1.82) is 0 Å². The van der Waals surface area contributed by atoms with E-state index >= 15 is 0 Å². The van der Waals surface area contributed by atoms with Crippen LogP contribution >= 0.6 is 0 Å². The third-order valence-corrected chi connectivity index (χ3v) is 1.97. The molecule has 1 saturated carbocycles. The predicted molar refractivity (Wildman–Crippen MR) is 38.8 cm³/mol. The van der Waals surface area contributed by atoms with Gasteiger partial charge in [0.05, 0.1) is 0 Å². The maximum absolute atomic E-state index is 10.9. The molecule has 0 N–H and O–H groups in total. The zero-order valence-corrected chi connectivity index (χ0v) is 6.81. The summed E-state index contributed by atoms with van der Waals surface area (Å²) >= 11 is 0. The van der Waals surface area contributed by atoms with Crippen molar-refractivity contribution in [3.8, 4) is 0 Å². The summed E-state index contributed by atoms with van der Waals surface area (Å²) in [6.45, 7) is 6.69. The van der Waals surface area contributed by atoms with Crippen molar-refractivity contribution < 1.29 is 9.53 Å². The van der Waals surface area contributed by atoms with Gasteiger partial charge in [-0.15, -0.1) is 0 Å². The van der Waals surface area contributed by atoms with Gasteiger partial charge in [-0.3, -0.25) is 4.79 Å². The Morgan fingerprint density at radius 1 is 1.70 bits per heavy atom. The van der Waals surface area contributed by atoms with Gasteiger partial charge in [0.2, 0.25) is 0 Å². The standard InChI is InChI=1S/C8H14O2/c1-4-10-7-6(9)5-8(7,2)3/h7H,4-5H2,1-3H3/t7-/m1/s1. The van der Waals surface area contributed by atoms with Crippen molar-refractivity contribution in [2.24, 2.45) is 5.41 Å². The minimum Gasteiger partial charge on any atom is -0.370 e. The first-order valence-electron chi connectivity index (χ1n) is 3.72. The minimum atomic E-state index is -0.127. The maximum atomic E-state index is 10.9. The van der Waals surface area contributed by atoms with E-state index in [1.54, 1.807) is 0 Å². The predicted octanol–water partition coefficient (Wildman–Crippen LogP) is 1.39. The van der Waals surface area contributed by atoms with Gasteiger partial charge in [-0.05, 0) is 6.92 Å². The van der Waals surface area contributed by atoms with Crippen LogP contribution in [0.1, 0.15) is 27.2 Å². The Morgan fingerprint density at radius 3 is 2.50 bits per heavy atom. The van der Waals surface area contributed by atoms with Gasteiger partial charge >= 0.3 is 0 Å². The third kappa shape index (κ3) is 1.08. The SMILES string of the molecule is CCO[C@@H]1C(=O)CC1(C)C. The van der Waals surface area contributed by atoms with Gasteiger partial charge in [0, 0.05) is 18.4 Å². The minimum absolute atomic E-state index is 0.0904. The van der Waals surface area contributed by atoms with Crippen LogP contribution in [0.4, 0.5) is 0 Å². The second-order valence-electron chi connectivity index (χ2n) is 3.47. The average Bonchev–Trinajstić information content (AvgIpc) is 1.82. The van der Waals surface area contributed by atoms with Crippen molar-refractivity contribution in [1.82, 2.24) is 0 Å². The highest BCUT2D eigenvalue weighted by Gasteiger charge is 2.47. The molecule has 1 rings (SSSR count). The third-order valence-electron chi connectivity index (χ3n) is 1.97. The molecule has 0 amide bonds. The quantitative estimate of drug-likeness (QED) is 0.582. The number of rotatable bonds is 2. The van der Waals surface area contributed by atoms with E-state index < -0.39 is 0 Å². The van der Waals surface area contributed by atoms with Crippen molar-refractivity contribution >= 4 is 5.78 Å². The Balaban J connectivity index is 2.48. The fraction of sp³-hybridized carbons (Fsp3) is 0.875. The zero-order chi connectivity index (χ0) is 7.78. The largest absolute Gasteiger partial charge is 0.370 e. The summed E-state index contributed by atoms with van der Waals surface area (Å²) in [5.41, 5.74) is 0.0904. The molecule has 0 saturated heterocycles. The molecule has 1 aliphatic rings. The lowest BCUT2D eigenvalue weighted by atomic mass is 9.68. The van der Waals surface area contributed by atoms with Gasteiger partial charge in [-0.25, -0.2) is 0 Å². The van der Waals surface area contributed by atoms with Crippen molar-refractivity contribution in [2.75, 3.05) is 6.61 Å². The summed E-state index contributed by atoms with van der Waals surface area (Å²) in [6.07, 6.45) is 0.551. The van der Waals surface area contributed by atoms with Crippen LogP contribution in [-0.4, -0.2) is 18.5 Å². The Morgan fingerprint density at radius 2 is 2.30 bits per heavy atom. The fourth-order valence-corrected chi connectivity index (χ4v) is 1.42. The lowest BCUT2D eigenvalue weighted by molar-refractivity contribution is -0.158. The molecule has 1 aliphatic carbocycles. The number of hydrogen-bond donors (Lipinski definition) is 0. The highest BCUT2D eigenvalue weighted by Crippen LogP contribution is 2.39. The zero-order valence-electron chi connectivity index (χ0n) is 6.81. The fourth-order valence-electron chi connectivity index (χ4n) is 1.42. The summed E-state index contributed by atoms with van der Waals surface area (Å²) in [6, 6.07) is 0. The summed E-state index contributed by atoms with van der Waals surface area (Å²) < 4.78 is 5.26. The van der Waals surface area contributed by atoms with Gasteiger partial charge in [0.15, 0.2) is 5.78 Å². The van der Waals surface area contributed by atoms with E-state index in [2.05, 4.69) is 13.8 Å². The summed E-state index contributed by atoms with van der Waals surface area (Å²) in [4.78, 5) is 10.9. The van der Waals surface area contributed by atoms with Crippen LogP contribution in [0.15, 0.2) is 0 Å². The molecule has 0 aliphatic heterocycles. The molecule has 0 bridgehead atoms. The normalized spacial score (nSPS) is 29.9. The molecule has 0 aromatic carbocycles. The van der Waals surface area contributed by atoms with E-state index in [4.69, 9.17) is 4.74 Å². The number of ketones is 1. The highest BCUT2D eigenvalue weighted by atomic mass is 16.5. The molecule has 58 valence electrons. The summed E-state index contributed by atoms with van der Waals surface area (Å²) in [5, 5.41) is 0. The van der Waals surface area contributed by atoms with Crippen LogP contribution in [0.3, 0.4) is 0 Å². The van der Waals surface area contributed by atoms with E-state index in [1.807, 2.05) is 6.92 Å². The first-order chi connectivity index (χ1) is 4.58. The molecule has 0 unspecified atom stereocenters. The van der Waals surface area contributed by atoms with Crippen LogP contribution < -0.4 is 0 Å². The Labute approximate surface area is 61.6 Å². The van der Waals surface area contributed by atoms with E-state index in [9.17, 15) is 4.79 Å². The van der Waals surface area contributed by atoms with Crippen LogP contribution in [0.25, 0.3) is 0 Å². The second kappa shape index (κ2) is 2.35. The highest BCUT2D eigenvalue weighted by molar-refractivity contribution is 5.90. The molecule has 2 heteroatoms. The summed E-state index contributed by atoms with van der Waals surface area (Å²) in [7, 11) is 0. The number of Topliss-reactive ketones (excluding diaryl/α,β-unsaturated/α-hetero) is 1. The van der Waals surface area contributed by atoms with Crippen LogP contribution in [0.5, 0.6) is 0 Å². The molecule has 2 nitrogen and oxygen atoms in total. The van der Waals surface area contributed by atoms with E-state index in [1.165, 1.54) is 0 Å². The Kier molecular flexibility index (Phi) is 1.82. The number of carbonyl (C=O) groups excluding carboxylic acids is 1. The van der Waals surface area contributed by atoms with Crippen LogP contribution in [-0.2, 0) is 9.53 Å². The molecule has 0 spiro atoms. The van der Waals surface area contributed by atoms with E-state index in [-0.39, 0.29) is 17.3 Å². The van der Waals surface area contributed by atoms with Crippen LogP contribution in [0.2, 0.25) is 0 Å². The molecule has 10 heavy (non-hydrogen) atoms. The molecule has 1 fully saturated rings. The van der Waals surface area contributed by atoms with Gasteiger partial charge in [0.25, 0.3) is 0 Å². The number of carbonyl (C=O) groups is 1. The first-order valence-corrected chi connectivity index (χ1v) is 3.72. The summed E-state index contributed by atoms with van der Waals surface area (Å²) in [5.74, 6) is 0.256. The lowest BCUT2D eigenvalue weighted by Crippen LogP contribution is -2.51. The van der Waals surface area contributed by atoms with Gasteiger partial charge in [-0.1, -0.05) is 13.8 Å². The van der Waals surface area contributed by atoms with E-state index in [0.29, 0.717) is 13.0 Å². The topological polar surface area (TPSA) is 26.3 Å². The molecular weight excluding hydrogens is 128 g/mol. The second-order valence-corrected chi connectivity index (χ2v) is 3.47.